The molecular weight excluding hydrogens is 297 g/mol. The second-order valence-electron chi connectivity index (χ2n) is 6.27. The van der Waals surface area contributed by atoms with E-state index in [-0.39, 0.29) is 30.9 Å². The van der Waals surface area contributed by atoms with Gasteiger partial charge >= 0.3 is 18.9 Å². The number of hydrogen-bond acceptors (Lipinski definition) is 0. The molecule has 0 spiro atoms. The van der Waals surface area contributed by atoms with E-state index in [0.717, 1.165) is 12.8 Å². The molecule has 0 saturated carbocycles. The first-order valence-corrected chi connectivity index (χ1v) is 8.64. The van der Waals surface area contributed by atoms with Crippen LogP contribution in [0.1, 0.15) is 29.7 Å². The molecule has 0 aliphatic carbocycles. The third kappa shape index (κ3) is 6.22. The van der Waals surface area contributed by atoms with Crippen LogP contribution in [0.5, 0.6) is 0 Å². The van der Waals surface area contributed by atoms with Crippen LogP contribution in [-0.4, -0.2) is 6.04 Å². The summed E-state index contributed by atoms with van der Waals surface area (Å²) >= 11 is 0. The van der Waals surface area contributed by atoms with Crippen LogP contribution in [0.15, 0.2) is 91.0 Å². The zero-order chi connectivity index (χ0) is 16.6. The van der Waals surface area contributed by atoms with E-state index in [9.17, 15) is 0 Å². The van der Waals surface area contributed by atoms with Gasteiger partial charge in [-0.1, -0.05) is 103 Å². The van der Waals surface area contributed by atoms with Crippen molar-refractivity contribution in [3.05, 3.63) is 113 Å². The van der Waals surface area contributed by atoms with Gasteiger partial charge < -0.3 is 5.32 Å². The van der Waals surface area contributed by atoms with Crippen LogP contribution in [0.2, 0.25) is 0 Å². The van der Waals surface area contributed by atoms with Crippen LogP contribution in [0.3, 0.4) is 0 Å². The summed E-state index contributed by atoms with van der Waals surface area (Å²) in [5.74, 6) is 0. The largest absolute Gasteiger partial charge is 1.00 e. The van der Waals surface area contributed by atoms with E-state index < -0.39 is 0 Å². The van der Waals surface area contributed by atoms with E-state index in [1.54, 1.807) is 0 Å². The van der Waals surface area contributed by atoms with E-state index in [4.69, 9.17) is 5.32 Å². The van der Waals surface area contributed by atoms with Gasteiger partial charge in [0.05, 0.1) is 0 Å². The Kier molecular flexibility index (Phi) is 8.02. The van der Waals surface area contributed by atoms with Crippen molar-refractivity contribution in [1.29, 1.82) is 0 Å². The fourth-order valence-electron chi connectivity index (χ4n) is 3.08. The van der Waals surface area contributed by atoms with E-state index in [2.05, 4.69) is 97.9 Å². The number of rotatable bonds is 7. The molecule has 3 aromatic carbocycles. The van der Waals surface area contributed by atoms with Crippen LogP contribution in [0.4, 0.5) is 0 Å². The summed E-state index contributed by atoms with van der Waals surface area (Å²) in [6, 6.07) is 32.4. The maximum Gasteiger partial charge on any atom is 1.00 e. The molecule has 122 valence electrons. The van der Waals surface area contributed by atoms with Crippen molar-refractivity contribution in [2.45, 2.75) is 31.8 Å². The molecule has 0 aliphatic heterocycles. The van der Waals surface area contributed by atoms with Gasteiger partial charge in [0.15, 0.2) is 0 Å². The summed E-state index contributed by atoms with van der Waals surface area (Å²) in [6.07, 6.45) is 1.96. The first kappa shape index (κ1) is 19.5. The smallest absolute Gasteiger partial charge is 0.653 e. The molecule has 1 nitrogen and oxygen atoms in total. The predicted octanol–water partition coefficient (Wildman–Crippen LogP) is 2.98. The van der Waals surface area contributed by atoms with E-state index >= 15 is 0 Å². The van der Waals surface area contributed by atoms with Crippen LogP contribution in [-0.2, 0) is 12.8 Å². The molecule has 0 unspecified atom stereocenters. The van der Waals surface area contributed by atoms with Crippen LogP contribution < -0.4 is 18.9 Å². The molecule has 1 atom stereocenters. The van der Waals surface area contributed by atoms with Crippen molar-refractivity contribution < 1.29 is 18.9 Å². The fraction of sp³-hybridized carbons (Fsp3) is 0.217. The molecule has 3 aromatic rings. The van der Waals surface area contributed by atoms with Gasteiger partial charge in [0.25, 0.3) is 0 Å². The molecule has 0 aromatic heterocycles. The minimum Gasteiger partial charge on any atom is -0.653 e. The van der Waals surface area contributed by atoms with Crippen molar-refractivity contribution in [3.63, 3.8) is 0 Å². The van der Waals surface area contributed by atoms with Crippen molar-refractivity contribution in [2.24, 2.45) is 0 Å². The van der Waals surface area contributed by atoms with Gasteiger partial charge in [-0.05, 0) is 24.0 Å². The summed E-state index contributed by atoms with van der Waals surface area (Å²) < 4.78 is 0. The summed E-state index contributed by atoms with van der Waals surface area (Å²) in [4.78, 5) is 0. The Balaban J connectivity index is 0.00000225. The molecule has 0 amide bonds. The zero-order valence-electron chi connectivity index (χ0n) is 15.2. The average molecular weight is 321 g/mol. The van der Waals surface area contributed by atoms with Gasteiger partial charge in [0.2, 0.25) is 0 Å². The van der Waals surface area contributed by atoms with E-state index in [1.807, 2.05) is 0 Å². The fourth-order valence-corrected chi connectivity index (χ4v) is 3.08. The van der Waals surface area contributed by atoms with Gasteiger partial charge in [0, 0.05) is 0 Å². The zero-order valence-corrected chi connectivity index (χ0v) is 15.2. The number of benzene rings is 3. The normalized spacial score (nSPS) is 11.8. The Hall–Kier alpha value is -1.78. The number of nitrogens with zero attached hydrogens (tertiary/aromatic N) is 1. The second-order valence-corrected chi connectivity index (χ2v) is 6.27. The molecule has 0 N–H and O–H groups in total. The molecule has 0 aliphatic rings. The molecule has 0 saturated heterocycles. The molecular formula is C23H24LiN. The minimum atomic E-state index is 0. The van der Waals surface area contributed by atoms with Crippen molar-refractivity contribution in [3.8, 4) is 0 Å². The quantitative estimate of drug-likeness (QED) is 0.594. The monoisotopic (exact) mass is 321 g/mol. The molecule has 2 heteroatoms. The topological polar surface area (TPSA) is 14.1 Å². The Morgan fingerprint density at radius 2 is 1.04 bits per heavy atom. The predicted molar refractivity (Wildman–Crippen MR) is 102 cm³/mol. The molecule has 3 rings (SSSR count). The van der Waals surface area contributed by atoms with Crippen molar-refractivity contribution >= 4 is 0 Å². The van der Waals surface area contributed by atoms with Gasteiger partial charge in [0.1, 0.15) is 0 Å². The first-order chi connectivity index (χ1) is 11.8. The Bertz CT molecular complexity index is 671. The second kappa shape index (κ2) is 10.3. The molecule has 0 bridgehead atoms. The van der Waals surface area contributed by atoms with Crippen LogP contribution in [0.25, 0.3) is 5.32 Å². The van der Waals surface area contributed by atoms with Gasteiger partial charge in [-0.25, -0.2) is 0 Å². The van der Waals surface area contributed by atoms with E-state index in [0.29, 0.717) is 0 Å². The molecule has 0 heterocycles. The Morgan fingerprint density at radius 1 is 0.640 bits per heavy atom. The van der Waals surface area contributed by atoms with Crippen molar-refractivity contribution in [1.82, 2.24) is 0 Å². The maximum absolute atomic E-state index is 5.14. The van der Waals surface area contributed by atoms with Gasteiger partial charge in [-0.15, -0.1) is 12.1 Å². The third-order valence-corrected chi connectivity index (χ3v) is 4.34. The van der Waals surface area contributed by atoms with Crippen LogP contribution >= 0.6 is 0 Å². The summed E-state index contributed by atoms with van der Waals surface area (Å²) in [5, 5.41) is 5.14. The first-order valence-electron chi connectivity index (χ1n) is 8.64. The standard InChI is InChI=1S/C23H24N.Li/c1-19(22-15-9-4-10-16-22)24-23(17-20-11-5-2-6-12-20)18-21-13-7-3-8-14-21;/h2-16,19,23H,17-18H2,1H3;/q-1;+1/t19-;/m0./s1. The van der Waals surface area contributed by atoms with Gasteiger partial charge in [-0.3, -0.25) is 0 Å². The van der Waals surface area contributed by atoms with Crippen molar-refractivity contribution in [2.75, 3.05) is 0 Å². The third-order valence-electron chi connectivity index (χ3n) is 4.34. The summed E-state index contributed by atoms with van der Waals surface area (Å²) in [6.45, 7) is 2.19. The summed E-state index contributed by atoms with van der Waals surface area (Å²) in [5.41, 5.74) is 3.98. The molecule has 0 radical (unpaired) electrons. The summed E-state index contributed by atoms with van der Waals surface area (Å²) in [7, 11) is 0. The maximum atomic E-state index is 5.14. The SMILES string of the molecule is C[C@H]([N-]C(Cc1ccccc1)Cc1ccccc1)c1ccccc1.[Li+]. The Labute approximate surface area is 163 Å². The Morgan fingerprint density at radius 3 is 1.48 bits per heavy atom. The molecule has 0 fully saturated rings. The minimum absolute atomic E-state index is 0. The molecule has 25 heavy (non-hydrogen) atoms. The average Bonchev–Trinajstić information content (AvgIpc) is 2.64. The van der Waals surface area contributed by atoms with Gasteiger partial charge in [-0.2, -0.15) is 0 Å². The van der Waals surface area contributed by atoms with E-state index in [1.165, 1.54) is 16.7 Å². The number of hydrogen-bond donors (Lipinski definition) is 0. The van der Waals surface area contributed by atoms with Crippen LogP contribution in [0, 0.1) is 0 Å².